The first-order valence-corrected chi connectivity index (χ1v) is 31.9. The molecule has 0 aliphatic heterocycles. The van der Waals surface area contributed by atoms with Crippen molar-refractivity contribution in [3.63, 3.8) is 0 Å². The van der Waals surface area contributed by atoms with Gasteiger partial charge in [-0.2, -0.15) is 0 Å². The monoisotopic (exact) mass is 1280 g/mol. The van der Waals surface area contributed by atoms with Crippen LogP contribution in [0.4, 0.5) is 0 Å². The Morgan fingerprint density at radius 3 is 1.36 bits per heavy atom. The molecule has 0 aliphatic rings. The van der Waals surface area contributed by atoms with Crippen molar-refractivity contribution in [2.75, 3.05) is 63.0 Å². The van der Waals surface area contributed by atoms with E-state index in [4.69, 9.17) is 9.47 Å². The van der Waals surface area contributed by atoms with Crippen LogP contribution < -0.4 is 26.6 Å². The van der Waals surface area contributed by atoms with Crippen LogP contribution in [0.5, 0.6) is 0 Å². The van der Waals surface area contributed by atoms with E-state index in [9.17, 15) is 43.2 Å². The van der Waals surface area contributed by atoms with Gasteiger partial charge in [-0.15, -0.1) is 0 Å². The van der Waals surface area contributed by atoms with E-state index in [-0.39, 0.29) is 61.2 Å². The molecule has 25 nitrogen and oxygen atoms in total. The fourth-order valence-corrected chi connectivity index (χ4v) is 10.7. The Bertz CT molecular complexity index is 2430. The van der Waals surface area contributed by atoms with Gasteiger partial charge in [0.05, 0.1) is 13.2 Å². The van der Waals surface area contributed by atoms with Gasteiger partial charge < -0.3 is 65.5 Å². The third kappa shape index (κ3) is 25.6. The summed E-state index contributed by atoms with van der Waals surface area (Å²) in [5.41, 5.74) is 0. The molecule has 0 fully saturated rings. The lowest BCUT2D eigenvalue weighted by Crippen LogP contribution is -2.64. The topological polar surface area (TPSA) is 303 Å². The van der Waals surface area contributed by atoms with Crippen molar-refractivity contribution in [2.45, 2.75) is 230 Å². The maximum absolute atomic E-state index is 15.2. The minimum atomic E-state index is -1.56. The molecular weight excluding hydrogens is 1160 g/mol. The molecule has 0 bridgehead atoms. The first-order chi connectivity index (χ1) is 41.6. The highest BCUT2D eigenvalue weighted by Gasteiger charge is 2.46. The fourth-order valence-electron chi connectivity index (χ4n) is 10.7. The molecule has 0 radical (unpaired) electrons. The van der Waals surface area contributed by atoms with Gasteiger partial charge in [-0.1, -0.05) is 109 Å². The van der Waals surface area contributed by atoms with E-state index in [1.807, 2.05) is 61.5 Å². The average molecular weight is 1280 g/mol. The summed E-state index contributed by atoms with van der Waals surface area (Å²) in [6, 6.07) is -11.4. The summed E-state index contributed by atoms with van der Waals surface area (Å²) < 4.78 is 10.6. The molecule has 0 spiro atoms. The number of likely N-dealkylation sites (N-methyl/N-ethyl adjacent to an activating group) is 7. The van der Waals surface area contributed by atoms with E-state index in [1.54, 1.807) is 61.6 Å². The Morgan fingerprint density at radius 2 is 0.922 bits per heavy atom. The minimum Gasteiger partial charge on any atom is -0.468 e. The summed E-state index contributed by atoms with van der Waals surface area (Å²) in [5, 5.41) is 14.0. The van der Waals surface area contributed by atoms with Crippen molar-refractivity contribution in [2.24, 2.45) is 41.4 Å². The normalized spacial score (nSPS) is 15.7. The molecule has 5 N–H and O–H groups in total. The summed E-state index contributed by atoms with van der Waals surface area (Å²) in [5.74, 6) is -9.41. The Balaban J connectivity index is 7.17. The van der Waals surface area contributed by atoms with Crippen LogP contribution >= 0.6 is 0 Å². The molecule has 0 rings (SSSR count). The van der Waals surface area contributed by atoms with Crippen LogP contribution in [-0.4, -0.2) is 230 Å². The first-order valence-electron chi connectivity index (χ1n) is 31.9. The van der Waals surface area contributed by atoms with Crippen molar-refractivity contribution in [3.8, 4) is 0 Å². The highest BCUT2D eigenvalue weighted by Crippen LogP contribution is 2.27. The van der Waals surface area contributed by atoms with Gasteiger partial charge >= 0.3 is 11.9 Å². The molecule has 0 unspecified atom stereocenters. The van der Waals surface area contributed by atoms with Gasteiger partial charge in [-0.25, -0.2) is 0 Å². The third-order valence-electron chi connectivity index (χ3n) is 16.1. The van der Waals surface area contributed by atoms with Crippen LogP contribution in [0.25, 0.3) is 0 Å². The number of hydrogen-bond acceptors (Lipinski definition) is 15. The smallest absolute Gasteiger partial charge is 0.325 e. The van der Waals surface area contributed by atoms with Gasteiger partial charge in [-0.3, -0.25) is 57.5 Å². The van der Waals surface area contributed by atoms with E-state index in [0.29, 0.717) is 12.8 Å². The average Bonchev–Trinajstić information content (AvgIpc) is 0.992. The largest absolute Gasteiger partial charge is 0.468 e. The number of ether oxygens (including phenoxy) is 2. The van der Waals surface area contributed by atoms with E-state index in [1.165, 1.54) is 89.8 Å². The number of hydrogen-bond donors (Lipinski definition) is 5. The predicted molar refractivity (Wildman–Crippen MR) is 346 cm³/mol. The van der Waals surface area contributed by atoms with Gasteiger partial charge in [0.15, 0.2) is 0 Å². The van der Waals surface area contributed by atoms with Gasteiger partial charge in [-0.05, 0) is 108 Å². The van der Waals surface area contributed by atoms with Gasteiger partial charge in [0, 0.05) is 49.2 Å². The van der Waals surface area contributed by atoms with Crippen LogP contribution in [0, 0.1) is 41.4 Å². The predicted octanol–water partition coefficient (Wildman–Crippen LogP) is 3.76. The number of amides is 10. The van der Waals surface area contributed by atoms with Crippen LogP contribution in [0.15, 0.2) is 12.2 Å². The highest BCUT2D eigenvalue weighted by atomic mass is 16.5. The van der Waals surface area contributed by atoms with E-state index in [2.05, 4.69) is 26.6 Å². The fraction of sp³-hybridized carbons (Fsp3) is 0.785. The highest BCUT2D eigenvalue weighted by molar-refractivity contribution is 5.99. The zero-order valence-corrected chi connectivity index (χ0v) is 59.4. The number of nitrogens with zero attached hydrogens (tertiary/aromatic N) is 6. The Labute approximate surface area is 538 Å². The second-order valence-electron chi connectivity index (χ2n) is 26.6. The summed E-state index contributed by atoms with van der Waals surface area (Å²) in [6.07, 6.45) is 3.74. The van der Waals surface area contributed by atoms with E-state index in [0.717, 1.165) is 9.80 Å². The SMILES string of the molecule is C/C=C/C[C@@H](C)[C@@H](OC(C)=O)[C@@H](C(=O)N[C@@H](CC)C(=O)N(C)CC(=O)OC)N(C)C(=O)[C@H](C(C)C)N(C)C(=O)[C@H](CC(C)C)N(C)C(=O)[C@H](CC(C)C)N(C)C(=O)[C@@H](C)NC(=O)[C@H](C)NC(=O)[C@H](CC(C)C)N(C)C(=O)[C@@H](NC(=O)[C@@H](CC(C)C)NC)C(C)C. The zero-order valence-electron chi connectivity index (χ0n) is 59.4. The maximum Gasteiger partial charge on any atom is 0.325 e. The zero-order chi connectivity index (χ0) is 70.1. The molecule has 0 heterocycles. The number of esters is 2. The molecule has 0 aromatic heterocycles. The lowest BCUT2D eigenvalue weighted by molar-refractivity contribution is -0.164. The summed E-state index contributed by atoms with van der Waals surface area (Å²) in [6.45, 7) is 31.1. The molecule has 0 saturated carbocycles. The number of carbonyl (C=O) groups is 12. The Kier molecular flexibility index (Phi) is 36.6. The molecule has 10 amide bonds. The second-order valence-corrected chi connectivity index (χ2v) is 26.6. The van der Waals surface area contributed by atoms with Crippen LogP contribution in [0.2, 0.25) is 0 Å². The van der Waals surface area contributed by atoms with Crippen LogP contribution in [0.1, 0.15) is 163 Å². The number of rotatable bonds is 38. The lowest BCUT2D eigenvalue weighted by atomic mass is 9.91. The third-order valence-corrected chi connectivity index (χ3v) is 16.1. The molecule has 90 heavy (non-hydrogen) atoms. The molecule has 0 aromatic rings. The van der Waals surface area contributed by atoms with Gasteiger partial charge in [0.1, 0.15) is 67.0 Å². The molecule has 516 valence electrons. The quantitative estimate of drug-likeness (QED) is 0.0434. The number of allylic oxidation sites excluding steroid dienone is 2. The minimum absolute atomic E-state index is 0.0684. The van der Waals surface area contributed by atoms with E-state index >= 15 is 14.4 Å². The van der Waals surface area contributed by atoms with Crippen LogP contribution in [0.3, 0.4) is 0 Å². The van der Waals surface area contributed by atoms with Crippen molar-refractivity contribution in [1.29, 1.82) is 0 Å². The van der Waals surface area contributed by atoms with Gasteiger partial charge in [0.2, 0.25) is 59.1 Å². The second kappa shape index (κ2) is 39.6. The number of nitrogens with one attached hydrogen (secondary N) is 5. The maximum atomic E-state index is 15.2. The van der Waals surface area contributed by atoms with Crippen LogP contribution in [-0.2, 0) is 67.0 Å². The summed E-state index contributed by atoms with van der Waals surface area (Å²) in [7, 11) is 11.4. The molecular formula is C65H117N11O14. The number of carbonyl (C=O) groups excluding carboxylic acids is 12. The summed E-state index contributed by atoms with van der Waals surface area (Å²) >= 11 is 0. The van der Waals surface area contributed by atoms with Crippen molar-refractivity contribution < 1.29 is 67.0 Å². The van der Waals surface area contributed by atoms with Crippen molar-refractivity contribution in [1.82, 2.24) is 56.0 Å². The molecule has 0 saturated heterocycles. The Hall–Kier alpha value is -6.66. The molecule has 0 aliphatic carbocycles. The first kappa shape index (κ1) is 83.3. The molecule has 12 atom stereocenters. The van der Waals surface area contributed by atoms with Crippen molar-refractivity contribution >= 4 is 71.0 Å². The van der Waals surface area contributed by atoms with E-state index < -0.39 is 150 Å². The molecule has 0 aromatic carbocycles. The summed E-state index contributed by atoms with van der Waals surface area (Å²) in [4.78, 5) is 176. The van der Waals surface area contributed by atoms with Gasteiger partial charge in [0.25, 0.3) is 0 Å². The Morgan fingerprint density at radius 1 is 0.467 bits per heavy atom. The van der Waals surface area contributed by atoms with Crippen molar-refractivity contribution in [3.05, 3.63) is 12.2 Å². The standard InChI is InChI=1S/C65H117N11O14/c1-27-29-30-42(15)55(90-45(18)77)54(59(82)69-46(28-2)61(84)71(20)35-51(78)89-26)76(25)65(88)53(41(13)14)75(24)63(86)50(34-39(9)10)74(23)62(85)49(33-38(7)8)73(22)60(83)44(17)68-56(79)43(16)67-58(81)48(32-37(5)6)72(21)64(87)52(40(11)12)70-57(80)47(66-19)31-36(3)4/h27,29,36-44,46-50,52-55,66H,28,30-35H2,1-26H3,(H,67,81)(H,68,79)(H,69,82)(H,70,80)/b29-27+/t42-,43+,44-,46+,47-,48+,49+,50+,52+,53+,54+,55-/m1/s1. The number of methoxy groups -OCH3 is 1. The lowest BCUT2D eigenvalue weighted by Gasteiger charge is -2.42. The molecule has 25 heteroatoms.